The fourth-order valence-corrected chi connectivity index (χ4v) is 3.70. The molecule has 0 spiro atoms. The Morgan fingerprint density at radius 1 is 1.48 bits per heavy atom. The standard InChI is InChI=1S/C15H17N3O4S/c1-2-22-15(21)10-7-23-13-11(10)12(16-8-17-13)18-5-3-4-9(6-18)14(19)20/h7-9H,2-6H2,1H3,(H,19,20). The Bertz CT molecular complexity index is 745. The van der Waals surface area contributed by atoms with Crippen LogP contribution in [0.25, 0.3) is 10.2 Å². The first-order valence-corrected chi connectivity index (χ1v) is 8.36. The maximum atomic E-state index is 12.1. The molecule has 2 aromatic heterocycles. The maximum absolute atomic E-state index is 12.1. The number of hydrogen-bond acceptors (Lipinski definition) is 7. The van der Waals surface area contributed by atoms with Crippen LogP contribution >= 0.6 is 11.3 Å². The average Bonchev–Trinajstić information content (AvgIpc) is 2.99. The molecule has 3 heterocycles. The van der Waals surface area contributed by atoms with Crippen molar-refractivity contribution in [3.8, 4) is 0 Å². The summed E-state index contributed by atoms with van der Waals surface area (Å²) in [6.45, 7) is 3.16. The van der Waals surface area contributed by atoms with E-state index in [0.29, 0.717) is 47.7 Å². The Labute approximate surface area is 136 Å². The number of thiophene rings is 1. The van der Waals surface area contributed by atoms with Crippen molar-refractivity contribution in [2.75, 3.05) is 24.6 Å². The number of piperidine rings is 1. The molecular formula is C15H17N3O4S. The molecule has 23 heavy (non-hydrogen) atoms. The highest BCUT2D eigenvalue weighted by Crippen LogP contribution is 2.33. The first-order chi connectivity index (χ1) is 11.1. The summed E-state index contributed by atoms with van der Waals surface area (Å²) in [7, 11) is 0. The molecule has 122 valence electrons. The lowest BCUT2D eigenvalue weighted by molar-refractivity contribution is -0.141. The van der Waals surface area contributed by atoms with Gasteiger partial charge in [-0.15, -0.1) is 11.3 Å². The predicted molar refractivity (Wildman–Crippen MR) is 85.9 cm³/mol. The highest BCUT2D eigenvalue weighted by Gasteiger charge is 2.29. The lowest BCUT2D eigenvalue weighted by Crippen LogP contribution is -2.39. The summed E-state index contributed by atoms with van der Waals surface area (Å²) in [6, 6.07) is 0. The fraction of sp³-hybridized carbons (Fsp3) is 0.467. The van der Waals surface area contributed by atoms with Gasteiger partial charge in [0.05, 0.1) is 23.5 Å². The van der Waals surface area contributed by atoms with Crippen LogP contribution in [0.1, 0.15) is 30.1 Å². The second-order valence-corrected chi connectivity index (χ2v) is 6.23. The number of carboxylic acid groups (broad SMARTS) is 1. The summed E-state index contributed by atoms with van der Waals surface area (Å²) in [5.41, 5.74) is 0.444. The second-order valence-electron chi connectivity index (χ2n) is 5.37. The lowest BCUT2D eigenvalue weighted by Gasteiger charge is -2.32. The Morgan fingerprint density at radius 3 is 3.04 bits per heavy atom. The highest BCUT2D eigenvalue weighted by molar-refractivity contribution is 7.17. The van der Waals surface area contributed by atoms with Gasteiger partial charge in [0, 0.05) is 18.5 Å². The van der Waals surface area contributed by atoms with Gasteiger partial charge < -0.3 is 14.7 Å². The minimum atomic E-state index is -0.795. The van der Waals surface area contributed by atoms with Gasteiger partial charge >= 0.3 is 11.9 Å². The second kappa shape index (κ2) is 6.49. The Balaban J connectivity index is 2.01. The smallest absolute Gasteiger partial charge is 0.339 e. The van der Waals surface area contributed by atoms with Gasteiger partial charge in [-0.1, -0.05) is 0 Å². The third-order valence-electron chi connectivity index (χ3n) is 3.92. The number of carboxylic acids is 1. The number of ether oxygens (including phenoxy) is 1. The third-order valence-corrected chi connectivity index (χ3v) is 4.80. The van der Waals surface area contributed by atoms with Crippen LogP contribution in [-0.4, -0.2) is 46.7 Å². The maximum Gasteiger partial charge on any atom is 0.339 e. The van der Waals surface area contributed by atoms with Crippen LogP contribution in [0.2, 0.25) is 0 Å². The van der Waals surface area contributed by atoms with Crippen molar-refractivity contribution in [2.45, 2.75) is 19.8 Å². The first kappa shape index (κ1) is 15.7. The summed E-state index contributed by atoms with van der Waals surface area (Å²) in [6.07, 6.45) is 2.89. The van der Waals surface area contributed by atoms with E-state index in [0.717, 1.165) is 6.42 Å². The fourth-order valence-electron chi connectivity index (χ4n) is 2.83. The highest BCUT2D eigenvalue weighted by atomic mass is 32.1. The molecule has 2 aromatic rings. The van der Waals surface area contributed by atoms with Gasteiger partial charge in [-0.25, -0.2) is 14.8 Å². The number of rotatable bonds is 4. The number of hydrogen-bond donors (Lipinski definition) is 1. The van der Waals surface area contributed by atoms with E-state index in [1.165, 1.54) is 17.7 Å². The van der Waals surface area contributed by atoms with Crippen molar-refractivity contribution in [3.05, 3.63) is 17.3 Å². The minimum absolute atomic E-state index is 0.296. The number of carbonyl (C=O) groups is 2. The zero-order valence-electron chi connectivity index (χ0n) is 12.7. The van der Waals surface area contributed by atoms with E-state index in [2.05, 4.69) is 9.97 Å². The van der Waals surface area contributed by atoms with Gasteiger partial charge in [-0.2, -0.15) is 0 Å². The topological polar surface area (TPSA) is 92.6 Å². The minimum Gasteiger partial charge on any atom is -0.481 e. The van der Waals surface area contributed by atoms with Crippen LogP contribution in [0.3, 0.4) is 0 Å². The van der Waals surface area contributed by atoms with E-state index >= 15 is 0 Å². The molecule has 0 aromatic carbocycles. The van der Waals surface area contributed by atoms with E-state index in [9.17, 15) is 14.7 Å². The number of aliphatic carboxylic acids is 1. The molecule has 3 rings (SSSR count). The SMILES string of the molecule is CCOC(=O)c1csc2ncnc(N3CCCC(C(=O)O)C3)c12. The molecule has 1 atom stereocenters. The van der Waals surface area contributed by atoms with Gasteiger partial charge in [-0.3, -0.25) is 4.79 Å². The number of esters is 1. The predicted octanol–water partition coefficient (Wildman–Crippen LogP) is 2.17. The van der Waals surface area contributed by atoms with Crippen LogP contribution in [0.5, 0.6) is 0 Å². The van der Waals surface area contributed by atoms with E-state index < -0.39 is 17.9 Å². The van der Waals surface area contributed by atoms with Crippen LogP contribution < -0.4 is 4.90 Å². The van der Waals surface area contributed by atoms with Crippen molar-refractivity contribution in [1.82, 2.24) is 9.97 Å². The quantitative estimate of drug-likeness (QED) is 0.856. The number of anilines is 1. The molecular weight excluding hydrogens is 318 g/mol. The van der Waals surface area contributed by atoms with Crippen molar-refractivity contribution in [3.63, 3.8) is 0 Å². The van der Waals surface area contributed by atoms with Crippen LogP contribution in [-0.2, 0) is 9.53 Å². The number of carbonyl (C=O) groups excluding carboxylic acids is 1. The molecule has 0 saturated carbocycles. The van der Waals surface area contributed by atoms with Crippen molar-refractivity contribution < 1.29 is 19.4 Å². The van der Waals surface area contributed by atoms with E-state index in [1.54, 1.807) is 12.3 Å². The molecule has 1 unspecified atom stereocenters. The zero-order valence-corrected chi connectivity index (χ0v) is 13.5. The Kier molecular flexibility index (Phi) is 4.42. The summed E-state index contributed by atoms with van der Waals surface area (Å²) in [5.74, 6) is -0.999. The molecule has 0 amide bonds. The molecule has 1 fully saturated rings. The van der Waals surface area contributed by atoms with E-state index in [-0.39, 0.29) is 0 Å². The monoisotopic (exact) mass is 335 g/mol. The van der Waals surface area contributed by atoms with Crippen molar-refractivity contribution in [2.24, 2.45) is 5.92 Å². The van der Waals surface area contributed by atoms with Gasteiger partial charge in [0.15, 0.2) is 0 Å². The lowest BCUT2D eigenvalue weighted by atomic mass is 9.98. The largest absolute Gasteiger partial charge is 0.481 e. The summed E-state index contributed by atoms with van der Waals surface area (Å²) < 4.78 is 5.10. The molecule has 0 radical (unpaired) electrons. The number of aromatic nitrogens is 2. The van der Waals surface area contributed by atoms with Gasteiger partial charge in [-0.05, 0) is 19.8 Å². The Morgan fingerprint density at radius 2 is 2.30 bits per heavy atom. The van der Waals surface area contributed by atoms with Crippen molar-refractivity contribution >= 4 is 39.3 Å². The molecule has 0 aliphatic carbocycles. The molecule has 7 nitrogen and oxygen atoms in total. The van der Waals surface area contributed by atoms with E-state index in [1.807, 2.05) is 4.90 Å². The Hall–Kier alpha value is -2.22. The first-order valence-electron chi connectivity index (χ1n) is 7.49. The molecule has 1 aliphatic heterocycles. The van der Waals surface area contributed by atoms with Crippen molar-refractivity contribution in [1.29, 1.82) is 0 Å². The summed E-state index contributed by atoms with van der Waals surface area (Å²) in [4.78, 5) is 34.6. The normalized spacial score (nSPS) is 18.1. The van der Waals surface area contributed by atoms with Crippen LogP contribution in [0, 0.1) is 5.92 Å². The summed E-state index contributed by atoms with van der Waals surface area (Å²) >= 11 is 1.36. The molecule has 1 aliphatic rings. The van der Waals surface area contributed by atoms with Gasteiger partial charge in [0.1, 0.15) is 17.0 Å². The molecule has 8 heteroatoms. The zero-order chi connectivity index (χ0) is 16.4. The van der Waals surface area contributed by atoms with Gasteiger partial charge in [0.2, 0.25) is 0 Å². The summed E-state index contributed by atoms with van der Waals surface area (Å²) in [5, 5.41) is 11.6. The van der Waals surface area contributed by atoms with Gasteiger partial charge in [0.25, 0.3) is 0 Å². The average molecular weight is 335 g/mol. The molecule has 0 bridgehead atoms. The number of fused-ring (bicyclic) bond motifs is 1. The van der Waals surface area contributed by atoms with E-state index in [4.69, 9.17) is 4.74 Å². The number of nitrogens with zero attached hydrogens (tertiary/aromatic N) is 3. The van der Waals surface area contributed by atoms with Crippen LogP contribution in [0.4, 0.5) is 5.82 Å². The molecule has 1 saturated heterocycles. The van der Waals surface area contributed by atoms with Crippen LogP contribution in [0.15, 0.2) is 11.7 Å². The molecule has 1 N–H and O–H groups in total. The third kappa shape index (κ3) is 2.98.